The molecule has 0 aliphatic carbocycles. The fourth-order valence-electron chi connectivity index (χ4n) is 1.85. The van der Waals surface area contributed by atoms with Crippen molar-refractivity contribution in [2.45, 2.75) is 19.4 Å². The van der Waals surface area contributed by atoms with Crippen molar-refractivity contribution in [1.82, 2.24) is 4.90 Å². The number of carbonyl (C=O) groups is 3. The van der Waals surface area contributed by atoms with Gasteiger partial charge in [-0.3, -0.25) is 14.5 Å². The molecule has 0 bridgehead atoms. The first-order valence-electron chi connectivity index (χ1n) is 5.19. The molecule has 0 fully saturated rings. The summed E-state index contributed by atoms with van der Waals surface area (Å²) in [5.74, 6) is -2.40. The van der Waals surface area contributed by atoms with Crippen LogP contribution >= 0.6 is 15.9 Å². The maximum atomic E-state index is 12.2. The monoisotopic (exact) mass is 311 g/mol. The van der Waals surface area contributed by atoms with E-state index in [1.54, 1.807) is 12.1 Å². The molecule has 2 amide bonds. The summed E-state index contributed by atoms with van der Waals surface area (Å²) in [7, 11) is 0. The summed E-state index contributed by atoms with van der Waals surface area (Å²) in [4.78, 5) is 36.3. The number of halogens is 1. The highest BCUT2D eigenvalue weighted by Crippen LogP contribution is 2.33. The molecule has 2 rings (SSSR count). The molecule has 1 aliphatic heterocycles. The predicted octanol–water partition coefficient (Wildman–Crippen LogP) is 1.91. The average molecular weight is 312 g/mol. The summed E-state index contributed by atoms with van der Waals surface area (Å²) < 4.78 is 0.488. The van der Waals surface area contributed by atoms with E-state index in [9.17, 15) is 14.4 Å². The van der Waals surface area contributed by atoms with Crippen LogP contribution in [0.4, 0.5) is 0 Å². The summed E-state index contributed by atoms with van der Waals surface area (Å²) in [6.07, 6.45) is 0. The van der Waals surface area contributed by atoms with Crippen LogP contribution in [0.25, 0.3) is 0 Å². The van der Waals surface area contributed by atoms with Crippen LogP contribution in [-0.2, 0) is 4.79 Å². The molecular weight excluding hydrogens is 302 g/mol. The second-order valence-corrected chi connectivity index (χ2v) is 5.33. The summed E-state index contributed by atoms with van der Waals surface area (Å²) in [6.45, 7) is 2.65. The fourth-order valence-corrected chi connectivity index (χ4v) is 2.38. The van der Waals surface area contributed by atoms with Gasteiger partial charge in [-0.1, -0.05) is 6.07 Å². The number of fused-ring (bicyclic) bond motifs is 1. The number of rotatable bonds is 2. The highest BCUT2D eigenvalue weighted by molar-refractivity contribution is 9.10. The van der Waals surface area contributed by atoms with Crippen LogP contribution in [0, 0.1) is 0 Å². The Labute approximate surface area is 112 Å². The predicted molar refractivity (Wildman–Crippen MR) is 66.4 cm³/mol. The van der Waals surface area contributed by atoms with E-state index in [1.165, 1.54) is 19.9 Å². The Hall–Kier alpha value is -1.69. The van der Waals surface area contributed by atoms with Crippen molar-refractivity contribution in [1.29, 1.82) is 0 Å². The molecular formula is C12H10BrNO4. The van der Waals surface area contributed by atoms with Gasteiger partial charge in [0.05, 0.1) is 11.1 Å². The zero-order valence-electron chi connectivity index (χ0n) is 9.73. The number of carbonyl (C=O) groups excluding carboxylic acids is 2. The number of hydrogen-bond acceptors (Lipinski definition) is 3. The standard InChI is InChI=1S/C12H10BrNO4/c1-12(2,11(17)18)14-9(15)6-4-3-5-7(13)8(6)10(14)16/h3-5H,1-2H3,(H,17,18). The van der Waals surface area contributed by atoms with Gasteiger partial charge in [0.1, 0.15) is 5.54 Å². The molecule has 1 aromatic rings. The van der Waals surface area contributed by atoms with Crippen LogP contribution in [0.15, 0.2) is 22.7 Å². The third kappa shape index (κ3) is 1.56. The lowest BCUT2D eigenvalue weighted by atomic mass is 10.0. The molecule has 5 nitrogen and oxygen atoms in total. The van der Waals surface area contributed by atoms with Crippen molar-refractivity contribution in [2.24, 2.45) is 0 Å². The van der Waals surface area contributed by atoms with E-state index in [2.05, 4.69) is 15.9 Å². The molecule has 6 heteroatoms. The number of aliphatic carboxylic acids is 1. The molecule has 0 unspecified atom stereocenters. The van der Waals surface area contributed by atoms with Gasteiger partial charge in [-0.05, 0) is 41.9 Å². The number of imide groups is 1. The molecule has 0 radical (unpaired) electrons. The second-order valence-electron chi connectivity index (χ2n) is 4.47. The van der Waals surface area contributed by atoms with E-state index in [0.717, 1.165) is 4.90 Å². The average Bonchev–Trinajstić information content (AvgIpc) is 2.52. The molecule has 1 N–H and O–H groups in total. The van der Waals surface area contributed by atoms with Crippen LogP contribution < -0.4 is 0 Å². The SMILES string of the molecule is CC(C)(C(=O)O)N1C(=O)c2cccc(Br)c2C1=O. The van der Waals surface area contributed by atoms with E-state index >= 15 is 0 Å². The van der Waals surface area contributed by atoms with Gasteiger partial charge >= 0.3 is 5.97 Å². The van der Waals surface area contributed by atoms with Crippen molar-refractivity contribution in [3.05, 3.63) is 33.8 Å². The first kappa shape index (κ1) is 12.8. The van der Waals surface area contributed by atoms with E-state index in [-0.39, 0.29) is 11.1 Å². The molecule has 18 heavy (non-hydrogen) atoms. The van der Waals surface area contributed by atoms with Crippen LogP contribution in [0.2, 0.25) is 0 Å². The van der Waals surface area contributed by atoms with E-state index < -0.39 is 23.3 Å². The van der Waals surface area contributed by atoms with Gasteiger partial charge in [0.2, 0.25) is 0 Å². The Kier molecular flexibility index (Phi) is 2.77. The number of carboxylic acid groups (broad SMARTS) is 1. The number of nitrogens with zero attached hydrogens (tertiary/aromatic N) is 1. The molecule has 0 saturated carbocycles. The van der Waals surface area contributed by atoms with E-state index in [0.29, 0.717) is 4.47 Å². The molecule has 0 atom stereocenters. The summed E-state index contributed by atoms with van der Waals surface area (Å²) in [5, 5.41) is 9.13. The maximum Gasteiger partial charge on any atom is 0.329 e. The minimum atomic E-state index is -1.58. The van der Waals surface area contributed by atoms with Gasteiger partial charge in [-0.15, -0.1) is 0 Å². The Bertz CT molecular complexity index is 579. The van der Waals surface area contributed by atoms with Gasteiger partial charge in [-0.2, -0.15) is 0 Å². The van der Waals surface area contributed by atoms with E-state index in [1.807, 2.05) is 0 Å². The quantitative estimate of drug-likeness (QED) is 0.847. The minimum absolute atomic E-state index is 0.219. The first-order chi connectivity index (χ1) is 8.28. The molecule has 1 heterocycles. The topological polar surface area (TPSA) is 74.7 Å². The lowest BCUT2D eigenvalue weighted by Crippen LogP contribution is -2.52. The molecule has 0 spiro atoms. The minimum Gasteiger partial charge on any atom is -0.480 e. The van der Waals surface area contributed by atoms with Gasteiger partial charge in [0, 0.05) is 4.47 Å². The van der Waals surface area contributed by atoms with Crippen LogP contribution in [0.3, 0.4) is 0 Å². The zero-order valence-corrected chi connectivity index (χ0v) is 11.3. The third-order valence-corrected chi connectivity index (χ3v) is 3.61. The fraction of sp³-hybridized carbons (Fsp3) is 0.250. The summed E-state index contributed by atoms with van der Waals surface area (Å²) in [5.41, 5.74) is -1.13. The van der Waals surface area contributed by atoms with Crippen LogP contribution in [0.5, 0.6) is 0 Å². The third-order valence-electron chi connectivity index (χ3n) is 2.95. The smallest absolute Gasteiger partial charge is 0.329 e. The Balaban J connectivity index is 2.60. The lowest BCUT2D eigenvalue weighted by molar-refractivity contribution is -0.146. The van der Waals surface area contributed by atoms with Crippen molar-refractivity contribution in [3.63, 3.8) is 0 Å². The Morgan fingerprint density at radius 2 is 1.89 bits per heavy atom. The zero-order chi connectivity index (χ0) is 13.7. The van der Waals surface area contributed by atoms with Gasteiger partial charge < -0.3 is 5.11 Å². The molecule has 0 saturated heterocycles. The molecule has 0 aromatic heterocycles. The van der Waals surface area contributed by atoms with Crippen molar-refractivity contribution in [2.75, 3.05) is 0 Å². The van der Waals surface area contributed by atoms with Crippen molar-refractivity contribution >= 4 is 33.7 Å². The molecule has 1 aromatic carbocycles. The summed E-state index contributed by atoms with van der Waals surface area (Å²) in [6, 6.07) is 4.78. The number of benzene rings is 1. The lowest BCUT2D eigenvalue weighted by Gasteiger charge is -2.29. The Morgan fingerprint density at radius 3 is 2.39 bits per heavy atom. The van der Waals surface area contributed by atoms with Crippen molar-refractivity contribution < 1.29 is 19.5 Å². The van der Waals surface area contributed by atoms with Gasteiger partial charge in [-0.25, -0.2) is 4.79 Å². The number of hydrogen-bond donors (Lipinski definition) is 1. The molecule has 94 valence electrons. The number of carboxylic acids is 1. The number of amides is 2. The normalized spacial score (nSPS) is 14.9. The highest BCUT2D eigenvalue weighted by Gasteiger charge is 2.48. The van der Waals surface area contributed by atoms with Gasteiger partial charge in [0.25, 0.3) is 11.8 Å². The van der Waals surface area contributed by atoms with E-state index in [4.69, 9.17) is 5.11 Å². The van der Waals surface area contributed by atoms with Crippen molar-refractivity contribution in [3.8, 4) is 0 Å². The van der Waals surface area contributed by atoms with Gasteiger partial charge in [0.15, 0.2) is 0 Å². The van der Waals surface area contributed by atoms with Crippen LogP contribution in [0.1, 0.15) is 34.6 Å². The largest absolute Gasteiger partial charge is 0.480 e. The maximum absolute atomic E-state index is 12.2. The van der Waals surface area contributed by atoms with Crippen LogP contribution in [-0.4, -0.2) is 33.3 Å². The molecule has 1 aliphatic rings. The highest BCUT2D eigenvalue weighted by atomic mass is 79.9. The summed E-state index contributed by atoms with van der Waals surface area (Å²) >= 11 is 3.20. The second kappa shape index (κ2) is 3.91. The Morgan fingerprint density at radius 1 is 1.28 bits per heavy atom. The first-order valence-corrected chi connectivity index (χ1v) is 5.98.